The number of piperidine rings is 1. The van der Waals surface area contributed by atoms with E-state index in [0.29, 0.717) is 41.4 Å². The van der Waals surface area contributed by atoms with Gasteiger partial charge in [0.2, 0.25) is 10.0 Å². The molecule has 128 valence electrons. The summed E-state index contributed by atoms with van der Waals surface area (Å²) >= 11 is 1.20. The lowest BCUT2D eigenvalue weighted by molar-refractivity contribution is 0.0711. The van der Waals surface area contributed by atoms with E-state index in [4.69, 9.17) is 5.73 Å². The minimum absolute atomic E-state index is 0.0467. The van der Waals surface area contributed by atoms with Gasteiger partial charge in [0.15, 0.2) is 0 Å². The van der Waals surface area contributed by atoms with Crippen LogP contribution in [0.15, 0.2) is 46.0 Å². The van der Waals surface area contributed by atoms with Crippen LogP contribution >= 0.6 is 11.3 Å². The van der Waals surface area contributed by atoms with Crippen LogP contribution in [0.25, 0.3) is 0 Å². The third-order valence-corrected chi connectivity index (χ3v) is 6.94. The summed E-state index contributed by atoms with van der Waals surface area (Å²) in [5.41, 5.74) is 6.85. The van der Waals surface area contributed by atoms with Gasteiger partial charge >= 0.3 is 0 Å². The zero-order chi connectivity index (χ0) is 17.2. The Morgan fingerprint density at radius 2 is 1.83 bits per heavy atom. The van der Waals surface area contributed by atoms with Gasteiger partial charge in [-0.1, -0.05) is 6.07 Å². The number of nitrogen functional groups attached to an aromatic ring is 1. The number of sulfonamides is 1. The van der Waals surface area contributed by atoms with Crippen LogP contribution in [-0.4, -0.2) is 38.4 Å². The van der Waals surface area contributed by atoms with Crippen LogP contribution in [0.2, 0.25) is 0 Å². The average molecular weight is 365 g/mol. The SMILES string of the molecule is Nc1ccc(C(=O)N2CCC(NS(=O)(=O)c3cccs3)CC2)cc1. The molecule has 0 bridgehead atoms. The van der Waals surface area contributed by atoms with Crippen molar-refractivity contribution in [2.24, 2.45) is 0 Å². The molecule has 2 aromatic rings. The topological polar surface area (TPSA) is 92.5 Å². The minimum atomic E-state index is -3.46. The molecule has 1 fully saturated rings. The van der Waals surface area contributed by atoms with Gasteiger partial charge in [-0.25, -0.2) is 13.1 Å². The van der Waals surface area contributed by atoms with Gasteiger partial charge in [-0.15, -0.1) is 11.3 Å². The monoisotopic (exact) mass is 365 g/mol. The Labute approximate surface area is 145 Å². The number of nitrogens with one attached hydrogen (secondary N) is 1. The summed E-state index contributed by atoms with van der Waals surface area (Å²) < 4.78 is 27.5. The predicted octanol–water partition coefficient (Wildman–Crippen LogP) is 1.91. The molecule has 0 atom stereocenters. The van der Waals surface area contributed by atoms with Crippen molar-refractivity contribution >= 4 is 33.0 Å². The maximum atomic E-state index is 12.4. The average Bonchev–Trinajstić information content (AvgIpc) is 3.11. The molecule has 0 saturated carbocycles. The van der Waals surface area contributed by atoms with E-state index in [1.54, 1.807) is 46.7 Å². The zero-order valence-corrected chi connectivity index (χ0v) is 14.6. The van der Waals surface area contributed by atoms with Crippen molar-refractivity contribution < 1.29 is 13.2 Å². The number of carbonyl (C=O) groups is 1. The maximum Gasteiger partial charge on any atom is 0.253 e. The first-order valence-electron chi connectivity index (χ1n) is 7.66. The van der Waals surface area contributed by atoms with Crippen LogP contribution < -0.4 is 10.5 Å². The quantitative estimate of drug-likeness (QED) is 0.810. The number of carbonyl (C=O) groups excluding carboxylic acids is 1. The van der Waals surface area contributed by atoms with Crippen LogP contribution in [0, 0.1) is 0 Å². The molecule has 3 N–H and O–H groups in total. The summed E-state index contributed by atoms with van der Waals surface area (Å²) in [5, 5.41) is 1.74. The van der Waals surface area contributed by atoms with Crippen molar-refractivity contribution in [2.45, 2.75) is 23.1 Å². The van der Waals surface area contributed by atoms with Crippen molar-refractivity contribution in [1.82, 2.24) is 9.62 Å². The zero-order valence-electron chi connectivity index (χ0n) is 13.0. The van der Waals surface area contributed by atoms with Gasteiger partial charge in [-0.2, -0.15) is 0 Å². The second-order valence-electron chi connectivity index (χ2n) is 5.74. The van der Waals surface area contributed by atoms with Gasteiger partial charge in [-0.3, -0.25) is 4.79 Å². The van der Waals surface area contributed by atoms with Crippen molar-refractivity contribution in [1.29, 1.82) is 0 Å². The number of likely N-dealkylation sites (tertiary alicyclic amines) is 1. The normalized spacial score (nSPS) is 16.2. The first-order chi connectivity index (χ1) is 11.5. The van der Waals surface area contributed by atoms with Crippen molar-refractivity contribution in [3.05, 3.63) is 47.3 Å². The Kier molecular flexibility index (Phi) is 4.88. The molecular weight excluding hydrogens is 346 g/mol. The molecule has 0 aliphatic carbocycles. The first kappa shape index (κ1) is 16.9. The highest BCUT2D eigenvalue weighted by atomic mass is 32.2. The van der Waals surface area contributed by atoms with E-state index in [0.717, 1.165) is 0 Å². The smallest absolute Gasteiger partial charge is 0.253 e. The predicted molar refractivity (Wildman–Crippen MR) is 94.4 cm³/mol. The van der Waals surface area contributed by atoms with Gasteiger partial charge in [-0.05, 0) is 48.6 Å². The van der Waals surface area contributed by atoms with Gasteiger partial charge < -0.3 is 10.6 Å². The van der Waals surface area contributed by atoms with Gasteiger partial charge in [0.25, 0.3) is 5.91 Å². The van der Waals surface area contributed by atoms with E-state index < -0.39 is 10.0 Å². The molecule has 1 aromatic heterocycles. The number of hydrogen-bond acceptors (Lipinski definition) is 5. The minimum Gasteiger partial charge on any atom is -0.399 e. The van der Waals surface area contributed by atoms with Crippen LogP contribution in [-0.2, 0) is 10.0 Å². The number of benzene rings is 1. The molecule has 1 amide bonds. The second-order valence-corrected chi connectivity index (χ2v) is 8.63. The number of anilines is 1. The lowest BCUT2D eigenvalue weighted by Crippen LogP contribution is -2.46. The Bertz CT molecular complexity index is 794. The van der Waals surface area contributed by atoms with Crippen LogP contribution in [0.3, 0.4) is 0 Å². The summed E-state index contributed by atoms with van der Waals surface area (Å²) in [4.78, 5) is 14.2. The molecule has 6 nitrogen and oxygen atoms in total. The number of nitrogens with two attached hydrogens (primary N) is 1. The first-order valence-corrected chi connectivity index (χ1v) is 10.0. The number of thiophene rings is 1. The summed E-state index contributed by atoms with van der Waals surface area (Å²) in [6, 6.07) is 9.99. The van der Waals surface area contributed by atoms with E-state index in [1.807, 2.05) is 0 Å². The Morgan fingerprint density at radius 3 is 2.42 bits per heavy atom. The summed E-state index contributed by atoms with van der Waals surface area (Å²) in [6.45, 7) is 1.06. The molecule has 8 heteroatoms. The summed E-state index contributed by atoms with van der Waals surface area (Å²) in [5.74, 6) is -0.0467. The molecule has 24 heavy (non-hydrogen) atoms. The molecule has 1 aromatic carbocycles. The number of amides is 1. The summed E-state index contributed by atoms with van der Waals surface area (Å²) in [6.07, 6.45) is 1.20. The van der Waals surface area contributed by atoms with E-state index in [2.05, 4.69) is 4.72 Å². The Balaban J connectivity index is 1.58. The highest BCUT2D eigenvalue weighted by Gasteiger charge is 2.27. The number of nitrogens with zero attached hydrogens (tertiary/aromatic N) is 1. The van der Waals surface area contributed by atoms with Crippen molar-refractivity contribution in [3.8, 4) is 0 Å². The van der Waals surface area contributed by atoms with Gasteiger partial charge in [0.1, 0.15) is 4.21 Å². The molecule has 0 radical (unpaired) electrons. The lowest BCUT2D eigenvalue weighted by Gasteiger charge is -2.32. The molecular formula is C16H19N3O3S2. The highest BCUT2D eigenvalue weighted by Crippen LogP contribution is 2.20. The summed E-state index contributed by atoms with van der Waals surface area (Å²) in [7, 11) is -3.46. The van der Waals surface area contributed by atoms with Crippen LogP contribution in [0.1, 0.15) is 23.2 Å². The molecule has 2 heterocycles. The van der Waals surface area contributed by atoms with E-state index in [9.17, 15) is 13.2 Å². The fourth-order valence-electron chi connectivity index (χ4n) is 2.70. The molecule has 1 saturated heterocycles. The molecule has 3 rings (SSSR count). The van der Waals surface area contributed by atoms with E-state index in [-0.39, 0.29) is 11.9 Å². The molecule has 1 aliphatic rings. The van der Waals surface area contributed by atoms with Crippen molar-refractivity contribution in [3.63, 3.8) is 0 Å². The largest absolute Gasteiger partial charge is 0.399 e. The molecule has 0 spiro atoms. The Morgan fingerprint density at radius 1 is 1.17 bits per heavy atom. The standard InChI is InChI=1S/C16H19N3O3S2/c17-13-5-3-12(4-6-13)16(20)19-9-7-14(8-10-19)18-24(21,22)15-2-1-11-23-15/h1-6,11,14,18H,7-10,17H2. The van der Waals surface area contributed by atoms with Gasteiger partial charge in [0.05, 0.1) is 0 Å². The molecule has 1 aliphatic heterocycles. The third-order valence-electron chi connectivity index (χ3n) is 4.02. The number of rotatable bonds is 4. The second kappa shape index (κ2) is 6.92. The molecule has 0 unspecified atom stereocenters. The van der Waals surface area contributed by atoms with E-state index in [1.165, 1.54) is 11.3 Å². The van der Waals surface area contributed by atoms with Crippen molar-refractivity contribution in [2.75, 3.05) is 18.8 Å². The third kappa shape index (κ3) is 3.77. The van der Waals surface area contributed by atoms with E-state index >= 15 is 0 Å². The maximum absolute atomic E-state index is 12.4. The lowest BCUT2D eigenvalue weighted by atomic mass is 10.0. The van der Waals surface area contributed by atoms with Crippen LogP contribution in [0.4, 0.5) is 5.69 Å². The fraction of sp³-hybridized carbons (Fsp3) is 0.312. The fourth-order valence-corrected chi connectivity index (χ4v) is 5.02. The van der Waals surface area contributed by atoms with Gasteiger partial charge in [0, 0.05) is 30.4 Å². The Hall–Kier alpha value is -1.90. The number of hydrogen-bond donors (Lipinski definition) is 2. The van der Waals surface area contributed by atoms with Crippen LogP contribution in [0.5, 0.6) is 0 Å². The highest BCUT2D eigenvalue weighted by molar-refractivity contribution is 7.91.